The molecule has 4 heteroatoms. The van der Waals surface area contributed by atoms with Crippen LogP contribution in [0.25, 0.3) is 0 Å². The maximum Gasteiger partial charge on any atom is 0.126 e. The maximum atomic E-state index is 12.8. The minimum atomic E-state index is -0.541. The number of halogens is 2. The Kier molecular flexibility index (Phi) is 5.05. The fourth-order valence-corrected chi connectivity index (χ4v) is 2.15. The Morgan fingerprint density at radius 1 is 1.27 bits per heavy atom. The Bertz CT molecular complexity index is 297. The van der Waals surface area contributed by atoms with E-state index in [1.807, 2.05) is 6.92 Å². The highest BCUT2D eigenvalue weighted by Crippen LogP contribution is 2.17. The molecule has 0 amide bonds. The summed E-state index contributed by atoms with van der Waals surface area (Å²) in [5, 5.41) is 8.79. The molecule has 1 atom stereocenters. The van der Waals surface area contributed by atoms with Gasteiger partial charge in [0.15, 0.2) is 0 Å². The molecule has 1 aromatic rings. The van der Waals surface area contributed by atoms with Gasteiger partial charge in [0.05, 0.1) is 0 Å². The summed E-state index contributed by atoms with van der Waals surface area (Å²) in [5.74, 6) is 0.489. The van der Waals surface area contributed by atoms with Crippen molar-refractivity contribution in [3.8, 4) is 0 Å². The number of thioether (sulfide) groups is 1. The van der Waals surface area contributed by atoms with Crippen LogP contribution in [-0.4, -0.2) is 17.5 Å². The molecule has 1 aromatic carbocycles. The highest BCUT2D eigenvalue weighted by Gasteiger charge is 2.03. The molecule has 1 unspecified atom stereocenters. The van der Waals surface area contributed by atoms with Crippen LogP contribution in [0.3, 0.4) is 0 Å². The summed E-state index contributed by atoms with van der Waals surface area (Å²) in [6.07, 6.45) is 0. The van der Waals surface area contributed by atoms with E-state index < -0.39 is 11.6 Å². The fourth-order valence-electron chi connectivity index (χ4n) is 1.12. The van der Waals surface area contributed by atoms with Crippen molar-refractivity contribution in [2.45, 2.75) is 12.7 Å². The number of aliphatic hydroxyl groups is 1. The first kappa shape index (κ1) is 12.5. The van der Waals surface area contributed by atoms with Gasteiger partial charge in [-0.2, -0.15) is 11.8 Å². The Balaban J connectivity index is 2.43. The van der Waals surface area contributed by atoms with Gasteiger partial charge in [-0.05, 0) is 29.4 Å². The van der Waals surface area contributed by atoms with Crippen LogP contribution in [0.5, 0.6) is 0 Å². The molecule has 84 valence electrons. The Morgan fingerprint density at radius 2 is 1.87 bits per heavy atom. The molecule has 0 saturated carbocycles. The van der Waals surface area contributed by atoms with Gasteiger partial charge in [0.1, 0.15) is 11.6 Å². The second-order valence-electron chi connectivity index (χ2n) is 3.58. The molecule has 0 saturated heterocycles. The van der Waals surface area contributed by atoms with Crippen molar-refractivity contribution in [3.05, 3.63) is 35.4 Å². The first-order valence-electron chi connectivity index (χ1n) is 4.75. The second-order valence-corrected chi connectivity index (χ2v) is 4.61. The van der Waals surface area contributed by atoms with Gasteiger partial charge in [-0.3, -0.25) is 0 Å². The van der Waals surface area contributed by atoms with E-state index >= 15 is 0 Å². The lowest BCUT2D eigenvalue weighted by atomic mass is 10.2. The van der Waals surface area contributed by atoms with Crippen LogP contribution in [0.2, 0.25) is 0 Å². The molecule has 1 nitrogen and oxygen atoms in total. The Morgan fingerprint density at radius 3 is 2.40 bits per heavy atom. The number of rotatable bonds is 5. The minimum absolute atomic E-state index is 0.143. The van der Waals surface area contributed by atoms with Crippen LogP contribution in [-0.2, 0) is 5.75 Å². The lowest BCUT2D eigenvalue weighted by molar-refractivity contribution is 0.250. The molecular weight excluding hydrogens is 218 g/mol. The average Bonchev–Trinajstić information content (AvgIpc) is 2.16. The van der Waals surface area contributed by atoms with Crippen molar-refractivity contribution >= 4 is 11.8 Å². The van der Waals surface area contributed by atoms with E-state index in [-0.39, 0.29) is 12.5 Å². The van der Waals surface area contributed by atoms with Crippen molar-refractivity contribution in [3.63, 3.8) is 0 Å². The van der Waals surface area contributed by atoms with E-state index in [1.54, 1.807) is 11.8 Å². The van der Waals surface area contributed by atoms with E-state index in [2.05, 4.69) is 0 Å². The third-order valence-electron chi connectivity index (χ3n) is 1.91. The first-order valence-corrected chi connectivity index (χ1v) is 5.91. The van der Waals surface area contributed by atoms with Gasteiger partial charge < -0.3 is 5.11 Å². The van der Waals surface area contributed by atoms with Gasteiger partial charge in [-0.25, -0.2) is 8.78 Å². The van der Waals surface area contributed by atoms with Crippen LogP contribution >= 0.6 is 11.8 Å². The van der Waals surface area contributed by atoms with Crippen LogP contribution in [0, 0.1) is 17.6 Å². The van der Waals surface area contributed by atoms with Crippen molar-refractivity contribution in [1.82, 2.24) is 0 Å². The van der Waals surface area contributed by atoms with E-state index in [1.165, 1.54) is 12.1 Å². The second kappa shape index (κ2) is 6.08. The molecular formula is C11H14F2OS. The van der Waals surface area contributed by atoms with Crippen molar-refractivity contribution in [2.75, 3.05) is 12.4 Å². The molecule has 0 aliphatic carbocycles. The molecule has 1 rings (SSSR count). The van der Waals surface area contributed by atoms with Gasteiger partial charge in [0.2, 0.25) is 0 Å². The minimum Gasteiger partial charge on any atom is -0.396 e. The molecule has 0 aliphatic heterocycles. The number of hydrogen-bond donors (Lipinski definition) is 1. The zero-order chi connectivity index (χ0) is 11.3. The molecule has 0 bridgehead atoms. The molecule has 0 heterocycles. The lowest BCUT2D eigenvalue weighted by Gasteiger charge is -2.07. The standard InChI is InChI=1S/C11H14F2OS/c1-8(5-14)6-15-7-9-2-10(12)4-11(13)3-9/h2-4,8,14H,5-7H2,1H3. The summed E-state index contributed by atoms with van der Waals surface area (Å²) in [6, 6.07) is 3.53. The lowest BCUT2D eigenvalue weighted by Crippen LogP contribution is -2.03. The Hall–Kier alpha value is -0.610. The molecule has 0 fully saturated rings. The summed E-state index contributed by atoms with van der Waals surface area (Å²) in [7, 11) is 0. The van der Waals surface area contributed by atoms with Gasteiger partial charge >= 0.3 is 0 Å². The van der Waals surface area contributed by atoms with Crippen molar-refractivity contribution in [2.24, 2.45) is 5.92 Å². The normalized spacial score (nSPS) is 12.8. The molecule has 1 N–H and O–H groups in total. The third kappa shape index (κ3) is 4.62. The third-order valence-corrected chi connectivity index (χ3v) is 3.25. The van der Waals surface area contributed by atoms with Gasteiger partial charge in [0, 0.05) is 18.4 Å². The largest absolute Gasteiger partial charge is 0.396 e. The topological polar surface area (TPSA) is 20.2 Å². The van der Waals surface area contributed by atoms with E-state index in [4.69, 9.17) is 5.11 Å². The number of benzene rings is 1. The van der Waals surface area contributed by atoms with Crippen LogP contribution in [0.4, 0.5) is 8.78 Å². The van der Waals surface area contributed by atoms with E-state index in [0.717, 1.165) is 11.8 Å². The predicted octanol–water partition coefficient (Wildman–Crippen LogP) is 2.83. The molecule has 0 aromatic heterocycles. The molecule has 0 aliphatic rings. The molecule has 15 heavy (non-hydrogen) atoms. The Labute approximate surface area is 92.5 Å². The fraction of sp³-hybridized carbons (Fsp3) is 0.455. The summed E-state index contributed by atoms with van der Waals surface area (Å²) < 4.78 is 25.6. The smallest absolute Gasteiger partial charge is 0.126 e. The SMILES string of the molecule is CC(CO)CSCc1cc(F)cc(F)c1. The van der Waals surface area contributed by atoms with Gasteiger partial charge in [0.25, 0.3) is 0 Å². The monoisotopic (exact) mass is 232 g/mol. The molecule has 0 radical (unpaired) electrons. The average molecular weight is 232 g/mol. The highest BCUT2D eigenvalue weighted by atomic mass is 32.2. The zero-order valence-corrected chi connectivity index (χ0v) is 9.36. The maximum absolute atomic E-state index is 12.8. The van der Waals surface area contributed by atoms with Gasteiger partial charge in [-0.15, -0.1) is 0 Å². The van der Waals surface area contributed by atoms with E-state index in [0.29, 0.717) is 11.3 Å². The van der Waals surface area contributed by atoms with Gasteiger partial charge in [-0.1, -0.05) is 6.92 Å². The summed E-state index contributed by atoms with van der Waals surface area (Å²) in [6.45, 7) is 2.07. The van der Waals surface area contributed by atoms with Crippen LogP contribution in [0.1, 0.15) is 12.5 Å². The predicted molar refractivity (Wildman–Crippen MR) is 58.8 cm³/mol. The van der Waals surface area contributed by atoms with E-state index in [9.17, 15) is 8.78 Å². The number of hydrogen-bond acceptors (Lipinski definition) is 2. The van der Waals surface area contributed by atoms with Crippen molar-refractivity contribution < 1.29 is 13.9 Å². The number of aliphatic hydroxyl groups excluding tert-OH is 1. The molecule has 0 spiro atoms. The summed E-state index contributed by atoms with van der Waals surface area (Å²) in [4.78, 5) is 0. The van der Waals surface area contributed by atoms with Crippen LogP contribution in [0.15, 0.2) is 18.2 Å². The summed E-state index contributed by atoms with van der Waals surface area (Å²) >= 11 is 1.56. The zero-order valence-electron chi connectivity index (χ0n) is 8.54. The van der Waals surface area contributed by atoms with Crippen molar-refractivity contribution in [1.29, 1.82) is 0 Å². The highest BCUT2D eigenvalue weighted by molar-refractivity contribution is 7.98. The summed E-state index contributed by atoms with van der Waals surface area (Å²) in [5.41, 5.74) is 0.641. The quantitative estimate of drug-likeness (QED) is 0.842. The first-order chi connectivity index (χ1) is 7.11. The van der Waals surface area contributed by atoms with Crippen LogP contribution < -0.4 is 0 Å².